The number of carbonyl (C=O) groups excluding carboxylic acids is 3. The Morgan fingerprint density at radius 3 is 2.36 bits per heavy atom. The molecule has 2 unspecified atom stereocenters. The van der Waals surface area contributed by atoms with Crippen LogP contribution < -0.4 is 15.5 Å². The molecule has 0 aromatic heterocycles. The highest BCUT2D eigenvalue weighted by Gasteiger charge is 2.78. The first kappa shape index (κ1) is 29.3. The molecule has 3 aliphatic rings. The van der Waals surface area contributed by atoms with E-state index in [1.54, 1.807) is 4.90 Å². The summed E-state index contributed by atoms with van der Waals surface area (Å²) < 4.78 is 6.67. The number of ether oxygens (including phenoxy) is 1. The van der Waals surface area contributed by atoms with Gasteiger partial charge in [0.25, 0.3) is 0 Å². The third kappa shape index (κ3) is 4.82. The van der Waals surface area contributed by atoms with Gasteiger partial charge in [-0.25, -0.2) is 0 Å². The van der Waals surface area contributed by atoms with Gasteiger partial charge >= 0.3 is 0 Å². The van der Waals surface area contributed by atoms with Crippen LogP contribution >= 0.6 is 0 Å². The van der Waals surface area contributed by atoms with Crippen molar-refractivity contribution in [2.45, 2.75) is 90.5 Å². The maximum absolute atomic E-state index is 14.2. The lowest BCUT2D eigenvalue weighted by Gasteiger charge is -2.39. The molecule has 1 aromatic carbocycles. The number of likely N-dealkylation sites (tertiary alicyclic amines) is 1. The Labute approximate surface area is 232 Å². The van der Waals surface area contributed by atoms with Crippen LogP contribution in [0.3, 0.4) is 0 Å². The van der Waals surface area contributed by atoms with Crippen molar-refractivity contribution in [1.82, 2.24) is 10.2 Å². The maximum atomic E-state index is 14.2. The highest BCUT2D eigenvalue weighted by molar-refractivity contribution is 6.04. The van der Waals surface area contributed by atoms with E-state index in [-0.39, 0.29) is 30.2 Å². The molecule has 4 rings (SSSR count). The molecule has 7 atom stereocenters. The lowest BCUT2D eigenvalue weighted by Crippen LogP contribution is -2.57. The second-order valence-electron chi connectivity index (χ2n) is 11.6. The van der Waals surface area contributed by atoms with Crippen molar-refractivity contribution in [3.8, 4) is 0 Å². The van der Waals surface area contributed by atoms with E-state index < -0.39 is 35.1 Å². The van der Waals surface area contributed by atoms with Crippen molar-refractivity contribution in [2.75, 3.05) is 36.5 Å². The predicted octanol–water partition coefficient (Wildman–Crippen LogP) is 3.17. The standard InChI is InChI=1S/C30H46N4O5/c1-7-17-31-26(36)23-24-28(38)34(22(18-35)19(5)8-2)25(30(24)16-15-29(23,6)39-30)27(37)32-20-11-13-21(14-12-20)33(9-3)10-4/h11-14,19,22-25,35H,7-10,15-18H2,1-6H3,(H,31,36)(H,32,37)/t19-,22-,23-,24-,25?,29+,30?/m0/s1. The zero-order valence-corrected chi connectivity index (χ0v) is 24.3. The minimum absolute atomic E-state index is 0.0435. The van der Waals surface area contributed by atoms with Gasteiger partial charge in [0.05, 0.1) is 30.1 Å². The smallest absolute Gasteiger partial charge is 0.250 e. The van der Waals surface area contributed by atoms with E-state index in [9.17, 15) is 19.5 Å². The van der Waals surface area contributed by atoms with E-state index >= 15 is 0 Å². The van der Waals surface area contributed by atoms with Crippen molar-refractivity contribution < 1.29 is 24.2 Å². The van der Waals surface area contributed by atoms with Gasteiger partial charge in [-0.1, -0.05) is 27.2 Å². The van der Waals surface area contributed by atoms with Gasteiger partial charge in [0.2, 0.25) is 17.7 Å². The number of nitrogens with zero attached hydrogens (tertiary/aromatic N) is 2. The van der Waals surface area contributed by atoms with Crippen molar-refractivity contribution in [3.05, 3.63) is 24.3 Å². The topological polar surface area (TPSA) is 111 Å². The second-order valence-corrected chi connectivity index (χ2v) is 11.6. The van der Waals surface area contributed by atoms with Gasteiger partial charge in [0.15, 0.2) is 0 Å². The molecule has 0 radical (unpaired) electrons. The van der Waals surface area contributed by atoms with Crippen LogP contribution in [0, 0.1) is 17.8 Å². The molecule has 3 N–H and O–H groups in total. The maximum Gasteiger partial charge on any atom is 0.250 e. The zero-order valence-electron chi connectivity index (χ0n) is 24.3. The minimum atomic E-state index is -1.12. The number of aliphatic hydroxyl groups excluding tert-OH is 1. The summed E-state index contributed by atoms with van der Waals surface area (Å²) in [5.41, 5.74) is -0.243. The van der Waals surface area contributed by atoms with Crippen LogP contribution in [0.4, 0.5) is 11.4 Å². The number of benzene rings is 1. The quantitative estimate of drug-likeness (QED) is 0.374. The van der Waals surface area contributed by atoms with E-state index in [4.69, 9.17) is 4.74 Å². The fourth-order valence-electron chi connectivity index (χ4n) is 7.15. The molecule has 1 spiro atoms. The third-order valence-electron chi connectivity index (χ3n) is 9.40. The van der Waals surface area contributed by atoms with Crippen LogP contribution in [0.25, 0.3) is 0 Å². The highest BCUT2D eigenvalue weighted by Crippen LogP contribution is 2.63. The van der Waals surface area contributed by atoms with E-state index in [0.717, 1.165) is 31.6 Å². The molecule has 9 heteroatoms. The molecule has 3 fully saturated rings. The number of anilines is 2. The number of nitrogens with one attached hydrogen (secondary N) is 2. The Kier molecular flexibility index (Phi) is 8.61. The van der Waals surface area contributed by atoms with Crippen LogP contribution in [0.2, 0.25) is 0 Å². The fraction of sp³-hybridized carbons (Fsp3) is 0.700. The number of hydrogen-bond donors (Lipinski definition) is 3. The van der Waals surface area contributed by atoms with Gasteiger partial charge < -0.3 is 30.3 Å². The van der Waals surface area contributed by atoms with Crippen molar-refractivity contribution in [2.24, 2.45) is 17.8 Å². The van der Waals surface area contributed by atoms with Crippen LogP contribution in [0.15, 0.2) is 24.3 Å². The number of rotatable bonds is 12. The lowest BCUT2D eigenvalue weighted by atomic mass is 9.66. The first-order valence-electron chi connectivity index (χ1n) is 14.7. The minimum Gasteiger partial charge on any atom is -0.394 e. The Hall–Kier alpha value is -2.65. The summed E-state index contributed by atoms with van der Waals surface area (Å²) in [5.74, 6) is -2.31. The number of amides is 3. The normalized spacial score (nSPS) is 30.7. The molecule has 216 valence electrons. The molecule has 9 nitrogen and oxygen atoms in total. The van der Waals surface area contributed by atoms with Crippen molar-refractivity contribution in [1.29, 1.82) is 0 Å². The Balaban J connectivity index is 1.72. The van der Waals surface area contributed by atoms with E-state index in [0.29, 0.717) is 25.1 Å². The summed E-state index contributed by atoms with van der Waals surface area (Å²) in [7, 11) is 0. The fourth-order valence-corrected chi connectivity index (χ4v) is 7.15. The summed E-state index contributed by atoms with van der Waals surface area (Å²) in [5, 5.41) is 16.5. The molecular formula is C30H46N4O5. The number of aliphatic hydroxyl groups is 1. The van der Waals surface area contributed by atoms with Gasteiger partial charge in [-0.2, -0.15) is 0 Å². The van der Waals surface area contributed by atoms with E-state index in [2.05, 4.69) is 29.4 Å². The first-order chi connectivity index (χ1) is 18.6. The molecule has 39 heavy (non-hydrogen) atoms. The third-order valence-corrected chi connectivity index (χ3v) is 9.40. The molecule has 3 heterocycles. The molecule has 1 aromatic rings. The molecule has 3 aliphatic heterocycles. The summed E-state index contributed by atoms with van der Waals surface area (Å²) >= 11 is 0. The predicted molar refractivity (Wildman–Crippen MR) is 151 cm³/mol. The molecule has 0 aliphatic carbocycles. The van der Waals surface area contributed by atoms with Gasteiger partial charge in [-0.15, -0.1) is 0 Å². The molecular weight excluding hydrogens is 496 g/mol. The largest absolute Gasteiger partial charge is 0.394 e. The van der Waals surface area contributed by atoms with Gasteiger partial charge in [-0.05, 0) is 70.2 Å². The van der Waals surface area contributed by atoms with Crippen molar-refractivity contribution >= 4 is 29.1 Å². The lowest BCUT2D eigenvalue weighted by molar-refractivity contribution is -0.149. The molecule has 3 saturated heterocycles. The van der Waals surface area contributed by atoms with Gasteiger partial charge in [0.1, 0.15) is 11.6 Å². The molecule has 0 saturated carbocycles. The summed E-state index contributed by atoms with van der Waals surface area (Å²) in [4.78, 5) is 45.6. The summed E-state index contributed by atoms with van der Waals surface area (Å²) in [6, 6.07) is 6.19. The zero-order chi connectivity index (χ0) is 28.5. The van der Waals surface area contributed by atoms with Gasteiger partial charge in [-0.3, -0.25) is 14.4 Å². The van der Waals surface area contributed by atoms with Crippen LogP contribution in [0.5, 0.6) is 0 Å². The van der Waals surface area contributed by atoms with Crippen LogP contribution in [0.1, 0.15) is 67.2 Å². The summed E-state index contributed by atoms with van der Waals surface area (Å²) in [6.07, 6.45) is 2.60. The van der Waals surface area contributed by atoms with E-state index in [1.165, 1.54) is 0 Å². The average Bonchev–Trinajstić information content (AvgIpc) is 3.50. The molecule has 3 amide bonds. The first-order valence-corrected chi connectivity index (χ1v) is 14.7. The average molecular weight is 543 g/mol. The number of fused-ring (bicyclic) bond motifs is 1. The van der Waals surface area contributed by atoms with Crippen molar-refractivity contribution in [3.63, 3.8) is 0 Å². The van der Waals surface area contributed by atoms with Crippen LogP contribution in [-0.2, 0) is 19.1 Å². The monoisotopic (exact) mass is 542 g/mol. The Morgan fingerprint density at radius 2 is 1.79 bits per heavy atom. The number of hydrogen-bond acceptors (Lipinski definition) is 6. The van der Waals surface area contributed by atoms with Gasteiger partial charge in [0, 0.05) is 31.0 Å². The van der Waals surface area contributed by atoms with E-state index in [1.807, 2.05) is 52.0 Å². The Morgan fingerprint density at radius 1 is 1.13 bits per heavy atom. The van der Waals surface area contributed by atoms with Crippen LogP contribution in [-0.4, -0.2) is 77.3 Å². The Bertz CT molecular complexity index is 1060. The molecule has 2 bridgehead atoms. The number of carbonyl (C=O) groups is 3. The summed E-state index contributed by atoms with van der Waals surface area (Å²) in [6.45, 7) is 14.1. The highest BCUT2D eigenvalue weighted by atomic mass is 16.5. The second kappa shape index (κ2) is 11.5. The SMILES string of the molecule is CCCNC(=O)[C@@H]1[C@H]2C(=O)N([C@@H](CO)[C@@H](C)CC)C(C(=O)Nc3ccc(N(CC)CC)cc3)C23CC[C@@]1(C)O3.